The number of aromatic nitrogens is 1. The van der Waals surface area contributed by atoms with E-state index in [1.54, 1.807) is 23.5 Å². The van der Waals surface area contributed by atoms with Crippen LogP contribution >= 0.6 is 22.9 Å². The first-order valence-corrected chi connectivity index (χ1v) is 9.40. The number of phenols is 1. The Bertz CT molecular complexity index is 968. The molecule has 1 aromatic carbocycles. The van der Waals surface area contributed by atoms with Gasteiger partial charge in [0, 0.05) is 28.1 Å². The zero-order valence-electron chi connectivity index (χ0n) is 14.7. The number of benzene rings is 1. The molecule has 0 aliphatic carbocycles. The lowest BCUT2D eigenvalue weighted by atomic mass is 9.94. The third-order valence-corrected chi connectivity index (χ3v) is 5.85. The fourth-order valence-electron chi connectivity index (χ4n) is 3.28. The van der Waals surface area contributed by atoms with Gasteiger partial charge in [0.1, 0.15) is 10.9 Å². The van der Waals surface area contributed by atoms with Crippen LogP contribution in [0.15, 0.2) is 34.8 Å². The molecule has 0 aliphatic rings. The lowest BCUT2D eigenvalue weighted by Gasteiger charge is -2.10. The first-order chi connectivity index (χ1) is 12.4. The fraction of sp³-hybridized carbons (Fsp3) is 0.211. The van der Waals surface area contributed by atoms with Gasteiger partial charge in [-0.25, -0.2) is 0 Å². The maximum atomic E-state index is 9.64. The molecule has 0 unspecified atom stereocenters. The van der Waals surface area contributed by atoms with Crippen molar-refractivity contribution in [3.05, 3.63) is 50.9 Å². The minimum Gasteiger partial charge on any atom is -0.508 e. The van der Waals surface area contributed by atoms with Crippen LogP contribution in [0.25, 0.3) is 22.3 Å². The van der Waals surface area contributed by atoms with Gasteiger partial charge in [-0.15, -0.1) is 11.3 Å². The number of amidine groups is 1. The van der Waals surface area contributed by atoms with Crippen LogP contribution in [0.2, 0.25) is 5.15 Å². The zero-order valence-corrected chi connectivity index (χ0v) is 16.3. The molecule has 0 radical (unpaired) electrons. The molecule has 0 atom stereocenters. The zero-order chi connectivity index (χ0) is 19.0. The second-order valence-corrected chi connectivity index (χ2v) is 7.46. The number of hydrogen-bond acceptors (Lipinski definition) is 4. The van der Waals surface area contributed by atoms with Crippen LogP contribution in [0.3, 0.4) is 0 Å². The van der Waals surface area contributed by atoms with Crippen LogP contribution < -0.4 is 5.73 Å². The van der Waals surface area contributed by atoms with Crippen molar-refractivity contribution in [3.8, 4) is 28.0 Å². The van der Waals surface area contributed by atoms with E-state index in [4.69, 9.17) is 17.3 Å². The van der Waals surface area contributed by atoms with Crippen LogP contribution in [0.1, 0.15) is 23.1 Å². The quantitative estimate of drug-likeness (QED) is 0.255. The highest BCUT2D eigenvalue weighted by Gasteiger charge is 2.28. The highest BCUT2D eigenvalue weighted by Crippen LogP contribution is 2.46. The van der Waals surface area contributed by atoms with Crippen molar-refractivity contribution in [2.24, 2.45) is 10.9 Å². The Morgan fingerprint density at radius 2 is 1.85 bits per heavy atom. The molecular weight excluding hydrogens is 370 g/mol. The first-order valence-electron chi connectivity index (χ1n) is 8.15. The Morgan fingerprint density at radius 1 is 1.19 bits per heavy atom. The highest BCUT2D eigenvalue weighted by atomic mass is 35.5. The van der Waals surface area contributed by atoms with Gasteiger partial charge in [-0.1, -0.05) is 28.9 Å². The summed E-state index contributed by atoms with van der Waals surface area (Å²) in [6.07, 6.45) is 0. The largest absolute Gasteiger partial charge is 0.508 e. The summed E-state index contributed by atoms with van der Waals surface area (Å²) in [6.45, 7) is 6.60. The molecule has 7 heteroatoms. The van der Waals surface area contributed by atoms with Crippen molar-refractivity contribution >= 4 is 28.8 Å². The predicted octanol–water partition coefficient (Wildman–Crippen LogP) is 4.97. The molecule has 0 amide bonds. The smallest absolute Gasteiger partial charge is 0.187 e. The van der Waals surface area contributed by atoms with Gasteiger partial charge in [-0.3, -0.25) is 0 Å². The molecule has 5 nitrogen and oxygen atoms in total. The van der Waals surface area contributed by atoms with Crippen molar-refractivity contribution < 1.29 is 10.3 Å². The molecule has 0 aliphatic heterocycles. The maximum Gasteiger partial charge on any atom is 0.187 e. The molecule has 0 saturated heterocycles. The second-order valence-electron chi connectivity index (χ2n) is 6.02. The molecule has 136 valence electrons. The summed E-state index contributed by atoms with van der Waals surface area (Å²) in [6, 6.07) is 6.87. The van der Waals surface area contributed by atoms with Gasteiger partial charge in [0.05, 0.1) is 5.69 Å². The summed E-state index contributed by atoms with van der Waals surface area (Å²) in [5.41, 5.74) is 11.3. The van der Waals surface area contributed by atoms with E-state index >= 15 is 0 Å². The molecule has 26 heavy (non-hydrogen) atoms. The third-order valence-electron chi connectivity index (χ3n) is 4.43. The monoisotopic (exact) mass is 389 g/mol. The number of nitrogens with two attached hydrogens (primary N) is 1. The van der Waals surface area contributed by atoms with Crippen molar-refractivity contribution in [3.63, 3.8) is 0 Å². The predicted molar refractivity (Wildman–Crippen MR) is 108 cm³/mol. The number of aromatic hydroxyl groups is 1. The van der Waals surface area contributed by atoms with Crippen LogP contribution in [-0.2, 0) is 6.54 Å². The number of oxime groups is 1. The van der Waals surface area contributed by atoms with E-state index in [-0.39, 0.29) is 11.6 Å². The van der Waals surface area contributed by atoms with Crippen molar-refractivity contribution in [2.75, 3.05) is 0 Å². The van der Waals surface area contributed by atoms with E-state index in [1.165, 1.54) is 0 Å². The lowest BCUT2D eigenvalue weighted by molar-refractivity contribution is 0.318. The van der Waals surface area contributed by atoms with Crippen LogP contribution in [0.5, 0.6) is 5.75 Å². The lowest BCUT2D eigenvalue weighted by Crippen LogP contribution is -2.19. The highest BCUT2D eigenvalue weighted by molar-refractivity contribution is 7.10. The van der Waals surface area contributed by atoms with E-state index < -0.39 is 0 Å². The Labute approximate surface area is 161 Å². The summed E-state index contributed by atoms with van der Waals surface area (Å²) in [7, 11) is 0. The Hall–Kier alpha value is -2.44. The van der Waals surface area contributed by atoms with Gasteiger partial charge in [0.15, 0.2) is 5.84 Å². The van der Waals surface area contributed by atoms with Gasteiger partial charge < -0.3 is 20.6 Å². The molecule has 2 heterocycles. The van der Waals surface area contributed by atoms with Crippen LogP contribution in [0, 0.1) is 13.8 Å². The summed E-state index contributed by atoms with van der Waals surface area (Å²) < 4.78 is 1.84. The van der Waals surface area contributed by atoms with Crippen LogP contribution in [0.4, 0.5) is 0 Å². The van der Waals surface area contributed by atoms with E-state index in [9.17, 15) is 10.3 Å². The number of nitrogens with zero attached hydrogens (tertiary/aromatic N) is 2. The molecule has 4 N–H and O–H groups in total. The standard InChI is InChI=1S/C19H20ClN3O2S/c1-4-23-17(19(21)22-25)16(14-10(2)9-26-11(14)3)15(18(23)20)12-5-7-13(24)8-6-12/h5-9,24-25H,4H2,1-3H3,(H2,21,22). The molecule has 0 fully saturated rings. The molecule has 0 saturated carbocycles. The topological polar surface area (TPSA) is 83.8 Å². The Balaban J connectivity index is 2.48. The van der Waals surface area contributed by atoms with Gasteiger partial charge in [-0.05, 0) is 49.4 Å². The van der Waals surface area contributed by atoms with E-state index in [1.807, 2.05) is 37.5 Å². The number of rotatable bonds is 4. The van der Waals surface area contributed by atoms with Crippen molar-refractivity contribution in [1.29, 1.82) is 0 Å². The summed E-state index contributed by atoms with van der Waals surface area (Å²) in [5, 5.41) is 24.8. The Kier molecular flexibility index (Phi) is 4.98. The summed E-state index contributed by atoms with van der Waals surface area (Å²) >= 11 is 8.39. The third kappa shape index (κ3) is 2.85. The average molecular weight is 390 g/mol. The first kappa shape index (κ1) is 18.4. The molecule has 0 spiro atoms. The van der Waals surface area contributed by atoms with E-state index in [0.29, 0.717) is 17.4 Å². The minimum atomic E-state index is 0.0128. The summed E-state index contributed by atoms with van der Waals surface area (Å²) in [4.78, 5) is 1.12. The molecular formula is C19H20ClN3O2S. The number of aryl methyl sites for hydroxylation is 2. The van der Waals surface area contributed by atoms with Gasteiger partial charge in [-0.2, -0.15) is 0 Å². The minimum absolute atomic E-state index is 0.0128. The Morgan fingerprint density at radius 3 is 2.35 bits per heavy atom. The van der Waals surface area contributed by atoms with Crippen molar-refractivity contribution in [2.45, 2.75) is 27.3 Å². The van der Waals surface area contributed by atoms with Crippen LogP contribution in [-0.4, -0.2) is 20.7 Å². The molecule has 3 rings (SSSR count). The number of halogens is 1. The van der Waals surface area contributed by atoms with Gasteiger partial charge >= 0.3 is 0 Å². The molecule has 3 aromatic rings. The average Bonchev–Trinajstić information content (AvgIpc) is 3.10. The second kappa shape index (κ2) is 7.05. The molecule has 2 aromatic heterocycles. The number of thiophene rings is 1. The molecule has 0 bridgehead atoms. The maximum absolute atomic E-state index is 9.64. The van der Waals surface area contributed by atoms with E-state index in [2.05, 4.69) is 10.5 Å². The number of hydrogen-bond donors (Lipinski definition) is 3. The fourth-order valence-corrected chi connectivity index (χ4v) is 4.54. The van der Waals surface area contributed by atoms with E-state index in [0.717, 1.165) is 32.7 Å². The summed E-state index contributed by atoms with van der Waals surface area (Å²) in [5.74, 6) is 0.194. The SMILES string of the molecule is CCn1c(Cl)c(-c2ccc(O)cc2)c(-c2c(C)csc2C)c1C(N)=NO. The van der Waals surface area contributed by atoms with Gasteiger partial charge in [0.2, 0.25) is 0 Å². The van der Waals surface area contributed by atoms with Gasteiger partial charge in [0.25, 0.3) is 0 Å². The number of phenolic OH excluding ortho intramolecular Hbond substituents is 1. The normalized spacial score (nSPS) is 11.9. The van der Waals surface area contributed by atoms with Crippen molar-refractivity contribution in [1.82, 2.24) is 4.57 Å².